The molecule has 9 heteroatoms. The summed E-state index contributed by atoms with van der Waals surface area (Å²) in [6.45, 7) is 1.84. The maximum atomic E-state index is 12.8. The van der Waals surface area contributed by atoms with Crippen molar-refractivity contribution < 1.29 is 18.0 Å². The number of fused-ring (bicyclic) bond motifs is 1. The Labute approximate surface area is 168 Å². The van der Waals surface area contributed by atoms with E-state index in [1.807, 2.05) is 22.4 Å². The van der Waals surface area contributed by atoms with Crippen molar-refractivity contribution in [2.24, 2.45) is 0 Å². The van der Waals surface area contributed by atoms with Gasteiger partial charge in [-0.25, -0.2) is 13.1 Å². The molecule has 0 spiro atoms. The van der Waals surface area contributed by atoms with Crippen molar-refractivity contribution in [2.75, 3.05) is 19.6 Å². The fraction of sp³-hybridized carbons (Fsp3) is 0.368. The first-order chi connectivity index (χ1) is 13.4. The number of amides is 2. The van der Waals surface area contributed by atoms with Gasteiger partial charge in [0.25, 0.3) is 5.91 Å². The average molecular weight is 420 g/mol. The number of hydrogen-bond donors (Lipinski definition) is 1. The van der Waals surface area contributed by atoms with Crippen molar-refractivity contribution in [2.45, 2.75) is 30.3 Å². The molecule has 1 N–H and O–H groups in total. The van der Waals surface area contributed by atoms with Gasteiger partial charge in [0.05, 0.1) is 4.90 Å². The minimum atomic E-state index is -3.63. The van der Waals surface area contributed by atoms with E-state index in [0.717, 1.165) is 11.3 Å². The van der Waals surface area contributed by atoms with Crippen LogP contribution < -0.4 is 4.72 Å². The molecule has 0 saturated carbocycles. The average Bonchev–Trinajstić information content (AvgIpc) is 3.36. The first kappa shape index (κ1) is 19.1. The molecule has 28 heavy (non-hydrogen) atoms. The molecule has 0 bridgehead atoms. The second kappa shape index (κ2) is 7.65. The molecular formula is C19H21N3O4S2. The van der Waals surface area contributed by atoms with Gasteiger partial charge in [0, 0.05) is 49.1 Å². The molecule has 2 aliphatic rings. The quantitative estimate of drug-likeness (QED) is 0.799. The van der Waals surface area contributed by atoms with Crippen molar-refractivity contribution in [3.8, 4) is 0 Å². The fourth-order valence-electron chi connectivity index (χ4n) is 3.67. The molecule has 4 rings (SSSR count). The summed E-state index contributed by atoms with van der Waals surface area (Å²) in [7, 11) is -3.63. The SMILES string of the molecule is O=C(c1ccc(S(=O)(=O)NCc2cccs2)cc1)N1CCN2C(=O)CCC2C1. The van der Waals surface area contributed by atoms with Crippen LogP contribution in [0.1, 0.15) is 28.1 Å². The third-order valence-electron chi connectivity index (χ3n) is 5.21. The Morgan fingerprint density at radius 3 is 2.68 bits per heavy atom. The summed E-state index contributed by atoms with van der Waals surface area (Å²) < 4.78 is 27.4. The van der Waals surface area contributed by atoms with E-state index in [9.17, 15) is 18.0 Å². The molecule has 7 nitrogen and oxygen atoms in total. The Morgan fingerprint density at radius 1 is 1.18 bits per heavy atom. The summed E-state index contributed by atoms with van der Waals surface area (Å²) in [4.78, 5) is 29.2. The first-order valence-corrected chi connectivity index (χ1v) is 11.5. The van der Waals surface area contributed by atoms with Gasteiger partial charge < -0.3 is 9.80 Å². The van der Waals surface area contributed by atoms with E-state index in [4.69, 9.17) is 0 Å². The molecule has 148 valence electrons. The van der Waals surface area contributed by atoms with Gasteiger partial charge in [0.15, 0.2) is 0 Å². The number of piperazine rings is 1. The number of rotatable bonds is 5. The van der Waals surface area contributed by atoms with Gasteiger partial charge in [0.1, 0.15) is 0 Å². The van der Waals surface area contributed by atoms with Gasteiger partial charge in [-0.3, -0.25) is 9.59 Å². The minimum absolute atomic E-state index is 0.103. The molecule has 2 fully saturated rings. The maximum Gasteiger partial charge on any atom is 0.253 e. The fourth-order valence-corrected chi connectivity index (χ4v) is 5.41. The van der Waals surface area contributed by atoms with Gasteiger partial charge >= 0.3 is 0 Å². The van der Waals surface area contributed by atoms with Crippen LogP contribution in [-0.2, 0) is 21.4 Å². The van der Waals surface area contributed by atoms with E-state index in [-0.39, 0.29) is 29.3 Å². The normalized spacial score (nSPS) is 19.7. The summed E-state index contributed by atoms with van der Waals surface area (Å²) in [6, 6.07) is 9.86. The number of sulfonamides is 1. The number of benzene rings is 1. The Morgan fingerprint density at radius 2 is 1.96 bits per heavy atom. The Bertz CT molecular complexity index is 971. The van der Waals surface area contributed by atoms with Crippen LogP contribution in [0.3, 0.4) is 0 Å². The molecule has 3 heterocycles. The second-order valence-corrected chi connectivity index (χ2v) is 9.76. The zero-order valence-electron chi connectivity index (χ0n) is 15.2. The summed E-state index contributed by atoms with van der Waals surface area (Å²) in [5.74, 6) is 0.0381. The molecule has 0 aliphatic carbocycles. The van der Waals surface area contributed by atoms with Crippen LogP contribution >= 0.6 is 11.3 Å². The molecule has 0 radical (unpaired) electrons. The van der Waals surface area contributed by atoms with Crippen molar-refractivity contribution >= 4 is 33.2 Å². The molecular weight excluding hydrogens is 398 g/mol. The molecule has 1 unspecified atom stereocenters. The zero-order valence-corrected chi connectivity index (χ0v) is 16.8. The number of nitrogens with one attached hydrogen (secondary N) is 1. The molecule has 2 aromatic rings. The van der Waals surface area contributed by atoms with Crippen molar-refractivity contribution in [1.29, 1.82) is 0 Å². The number of hydrogen-bond acceptors (Lipinski definition) is 5. The van der Waals surface area contributed by atoms with E-state index in [1.54, 1.807) is 17.0 Å². The van der Waals surface area contributed by atoms with E-state index >= 15 is 0 Å². The third kappa shape index (κ3) is 3.82. The van der Waals surface area contributed by atoms with Gasteiger partial charge in [0.2, 0.25) is 15.9 Å². The first-order valence-electron chi connectivity index (χ1n) is 9.15. The Kier molecular flexibility index (Phi) is 5.22. The predicted molar refractivity (Wildman–Crippen MR) is 105 cm³/mol. The monoisotopic (exact) mass is 419 g/mol. The predicted octanol–water partition coefficient (Wildman–Crippen LogP) is 1.67. The zero-order chi connectivity index (χ0) is 19.7. The van der Waals surface area contributed by atoms with Crippen LogP contribution in [0.15, 0.2) is 46.7 Å². The lowest BCUT2D eigenvalue weighted by atomic mass is 10.1. The number of carbonyl (C=O) groups excluding carboxylic acids is 2. The van der Waals surface area contributed by atoms with Crippen LogP contribution in [0.5, 0.6) is 0 Å². The summed E-state index contributed by atoms with van der Waals surface area (Å²) in [5, 5.41) is 1.89. The number of carbonyl (C=O) groups is 2. The lowest BCUT2D eigenvalue weighted by Crippen LogP contribution is -2.53. The van der Waals surface area contributed by atoms with Gasteiger partial charge in [-0.15, -0.1) is 11.3 Å². The second-order valence-electron chi connectivity index (χ2n) is 6.96. The molecule has 2 amide bonds. The van der Waals surface area contributed by atoms with Gasteiger partial charge in [-0.2, -0.15) is 0 Å². The van der Waals surface area contributed by atoms with E-state index < -0.39 is 10.0 Å². The highest BCUT2D eigenvalue weighted by Crippen LogP contribution is 2.24. The topological polar surface area (TPSA) is 86.8 Å². The van der Waals surface area contributed by atoms with Crippen molar-refractivity contribution in [3.05, 3.63) is 52.2 Å². The third-order valence-corrected chi connectivity index (χ3v) is 7.50. The van der Waals surface area contributed by atoms with Crippen LogP contribution in [0, 0.1) is 0 Å². The summed E-state index contributed by atoms with van der Waals surface area (Å²) >= 11 is 1.49. The van der Waals surface area contributed by atoms with Crippen molar-refractivity contribution in [1.82, 2.24) is 14.5 Å². The highest BCUT2D eigenvalue weighted by molar-refractivity contribution is 7.89. The molecule has 1 aromatic carbocycles. The van der Waals surface area contributed by atoms with Gasteiger partial charge in [-0.1, -0.05) is 6.07 Å². The molecule has 2 aliphatic heterocycles. The van der Waals surface area contributed by atoms with Crippen LogP contribution in [-0.4, -0.2) is 55.7 Å². The smallest absolute Gasteiger partial charge is 0.253 e. The minimum Gasteiger partial charge on any atom is -0.336 e. The lowest BCUT2D eigenvalue weighted by molar-refractivity contribution is -0.130. The van der Waals surface area contributed by atoms with E-state index in [0.29, 0.717) is 31.6 Å². The van der Waals surface area contributed by atoms with Gasteiger partial charge in [-0.05, 0) is 42.1 Å². The highest BCUT2D eigenvalue weighted by atomic mass is 32.2. The number of thiophene rings is 1. The lowest BCUT2D eigenvalue weighted by Gasteiger charge is -2.37. The highest BCUT2D eigenvalue weighted by Gasteiger charge is 2.37. The largest absolute Gasteiger partial charge is 0.336 e. The van der Waals surface area contributed by atoms with Crippen LogP contribution in [0.4, 0.5) is 0 Å². The standard InChI is InChI=1S/C19H21N3O4S2/c23-18-8-5-15-13-21(9-10-22(15)18)19(24)14-3-6-17(7-4-14)28(25,26)20-12-16-2-1-11-27-16/h1-4,6-7,11,15,20H,5,8-10,12-13H2. The molecule has 1 atom stereocenters. The van der Waals surface area contributed by atoms with Crippen LogP contribution in [0.2, 0.25) is 0 Å². The Hall–Kier alpha value is -2.23. The van der Waals surface area contributed by atoms with Crippen LogP contribution in [0.25, 0.3) is 0 Å². The molecule has 1 aromatic heterocycles. The summed E-state index contributed by atoms with van der Waals surface area (Å²) in [5.41, 5.74) is 0.454. The summed E-state index contributed by atoms with van der Waals surface area (Å²) in [6.07, 6.45) is 1.34. The van der Waals surface area contributed by atoms with Crippen molar-refractivity contribution in [3.63, 3.8) is 0 Å². The van der Waals surface area contributed by atoms with E-state index in [1.165, 1.54) is 23.5 Å². The maximum absolute atomic E-state index is 12.8. The number of nitrogens with zero attached hydrogens (tertiary/aromatic N) is 2. The Balaban J connectivity index is 1.41. The van der Waals surface area contributed by atoms with E-state index in [2.05, 4.69) is 4.72 Å². The molecule has 2 saturated heterocycles.